The Labute approximate surface area is 139 Å². The number of carbonyl (C=O) groups is 2. The van der Waals surface area contributed by atoms with E-state index in [1.165, 1.54) is 12.0 Å². The summed E-state index contributed by atoms with van der Waals surface area (Å²) in [7, 11) is 1.39. The molecule has 0 aromatic carbocycles. The number of hydrogen-bond donors (Lipinski definition) is 2. The number of aliphatic hydroxyl groups is 1. The molecule has 3 amide bonds. The third kappa shape index (κ3) is 2.86. The molecule has 0 aromatic rings. The summed E-state index contributed by atoms with van der Waals surface area (Å²) in [6.45, 7) is 1.30. The molecule has 2 heterocycles. The van der Waals surface area contributed by atoms with Crippen LogP contribution in [-0.4, -0.2) is 63.7 Å². The van der Waals surface area contributed by atoms with Crippen molar-refractivity contribution in [2.45, 2.75) is 41.4 Å². The zero-order chi connectivity index (χ0) is 16.5. The first-order valence-electron chi connectivity index (χ1n) is 6.52. The van der Waals surface area contributed by atoms with E-state index in [0.717, 1.165) is 0 Å². The molecule has 10 nitrogen and oxygen atoms in total. The summed E-state index contributed by atoms with van der Waals surface area (Å²) in [5, 5.41) is 15.1. The lowest BCUT2D eigenvalue weighted by Gasteiger charge is -2.44. The molecular weight excluding hydrogens is 409 g/mol. The maximum atomic E-state index is 12.2. The summed E-state index contributed by atoms with van der Waals surface area (Å²) in [5.74, 6) is -0.454. The van der Waals surface area contributed by atoms with Crippen LogP contribution < -0.4 is 5.32 Å². The van der Waals surface area contributed by atoms with Crippen LogP contribution in [0.5, 0.6) is 0 Å². The number of amides is 3. The van der Waals surface area contributed by atoms with Crippen molar-refractivity contribution in [2.75, 3.05) is 13.7 Å². The number of rotatable bonds is 4. The maximum absolute atomic E-state index is 12.2. The molecule has 0 aliphatic carbocycles. The number of imide groups is 1. The highest BCUT2D eigenvalue weighted by molar-refractivity contribution is 14.1. The van der Waals surface area contributed by atoms with Gasteiger partial charge in [0.15, 0.2) is 6.23 Å². The molecule has 0 bridgehead atoms. The number of urea groups is 1. The fourth-order valence-corrected chi connectivity index (χ4v) is 3.31. The molecule has 122 valence electrons. The normalized spacial score (nSPS) is 38.6. The standard InChI is InChI=1S/C11H16IN5O5/c1-11(12)8(19)14-10(20)17(9(11)21-2)7-3-5(15-16-13)6(4-18)22-7/h5-7,9,18H,3-4H2,1-2H3,(H,14,19,20)/t5?,6-,7-,9+,11-/m1/s1. The van der Waals surface area contributed by atoms with Gasteiger partial charge in [-0.05, 0) is 12.5 Å². The zero-order valence-corrected chi connectivity index (χ0v) is 14.1. The third-order valence-corrected chi connectivity index (χ3v) is 4.76. The van der Waals surface area contributed by atoms with Crippen molar-refractivity contribution in [2.24, 2.45) is 5.11 Å². The molecule has 2 aliphatic rings. The van der Waals surface area contributed by atoms with Crippen LogP contribution >= 0.6 is 22.6 Å². The first-order valence-corrected chi connectivity index (χ1v) is 7.60. The summed E-state index contributed by atoms with van der Waals surface area (Å²) in [6.07, 6.45) is -2.10. The van der Waals surface area contributed by atoms with E-state index in [2.05, 4.69) is 15.3 Å². The number of ether oxygens (including phenoxy) is 2. The Morgan fingerprint density at radius 1 is 1.68 bits per heavy atom. The van der Waals surface area contributed by atoms with Crippen LogP contribution in [-0.2, 0) is 14.3 Å². The predicted molar refractivity (Wildman–Crippen MR) is 81.9 cm³/mol. The SMILES string of the molecule is CO[C@@H]1N([C@H]2CC(N=[N+]=[N-])[C@@H](CO)O2)C(=O)NC(=O)[C@@]1(C)I. The molecule has 22 heavy (non-hydrogen) atoms. The summed E-state index contributed by atoms with van der Waals surface area (Å²) < 4.78 is 9.92. The summed E-state index contributed by atoms with van der Waals surface area (Å²) in [5.41, 5.74) is 8.56. The van der Waals surface area contributed by atoms with Gasteiger partial charge in [0.2, 0.25) is 5.91 Å². The molecular formula is C11H16IN5O5. The minimum atomic E-state index is -1.00. The van der Waals surface area contributed by atoms with Gasteiger partial charge < -0.3 is 14.6 Å². The van der Waals surface area contributed by atoms with Gasteiger partial charge >= 0.3 is 6.03 Å². The number of aliphatic hydroxyl groups excluding tert-OH is 1. The van der Waals surface area contributed by atoms with Crippen molar-refractivity contribution in [3.05, 3.63) is 10.4 Å². The van der Waals surface area contributed by atoms with Gasteiger partial charge in [0, 0.05) is 18.4 Å². The molecule has 5 atom stereocenters. The fraction of sp³-hybridized carbons (Fsp3) is 0.818. The van der Waals surface area contributed by atoms with Crippen LogP contribution in [0, 0.1) is 0 Å². The van der Waals surface area contributed by atoms with Gasteiger partial charge in [-0.1, -0.05) is 27.7 Å². The van der Waals surface area contributed by atoms with Crippen molar-refractivity contribution in [3.63, 3.8) is 0 Å². The van der Waals surface area contributed by atoms with E-state index in [0.29, 0.717) is 0 Å². The summed E-state index contributed by atoms with van der Waals surface area (Å²) in [6, 6.07) is -1.24. The Bertz CT molecular complexity index is 523. The minimum Gasteiger partial charge on any atom is -0.394 e. The summed E-state index contributed by atoms with van der Waals surface area (Å²) >= 11 is 1.91. The van der Waals surface area contributed by atoms with Crippen molar-refractivity contribution in [1.29, 1.82) is 0 Å². The summed E-state index contributed by atoms with van der Waals surface area (Å²) in [4.78, 5) is 28.1. The second-order valence-electron chi connectivity index (χ2n) is 5.15. The maximum Gasteiger partial charge on any atom is 0.328 e. The highest BCUT2D eigenvalue weighted by Crippen LogP contribution is 2.36. The van der Waals surface area contributed by atoms with Crippen LogP contribution in [0.2, 0.25) is 0 Å². The van der Waals surface area contributed by atoms with E-state index in [1.54, 1.807) is 6.92 Å². The van der Waals surface area contributed by atoms with Crippen LogP contribution in [0.1, 0.15) is 13.3 Å². The number of nitrogens with zero attached hydrogens (tertiary/aromatic N) is 4. The van der Waals surface area contributed by atoms with E-state index in [9.17, 15) is 14.7 Å². The number of halogens is 1. The first-order chi connectivity index (χ1) is 10.4. The van der Waals surface area contributed by atoms with Crippen molar-refractivity contribution in [1.82, 2.24) is 10.2 Å². The van der Waals surface area contributed by atoms with E-state index in [-0.39, 0.29) is 13.0 Å². The van der Waals surface area contributed by atoms with Crippen LogP contribution in [0.4, 0.5) is 4.79 Å². The molecule has 2 aliphatic heterocycles. The molecule has 2 saturated heterocycles. The predicted octanol–water partition coefficient (Wildman–Crippen LogP) is 0.491. The highest BCUT2D eigenvalue weighted by Gasteiger charge is 2.54. The molecule has 11 heteroatoms. The quantitative estimate of drug-likeness (QED) is 0.222. The number of azide groups is 1. The van der Waals surface area contributed by atoms with Gasteiger partial charge in [0.1, 0.15) is 9.65 Å². The van der Waals surface area contributed by atoms with Gasteiger partial charge in [0.05, 0.1) is 18.8 Å². The Morgan fingerprint density at radius 2 is 2.36 bits per heavy atom. The Morgan fingerprint density at radius 3 is 2.91 bits per heavy atom. The van der Waals surface area contributed by atoms with E-state index in [4.69, 9.17) is 15.0 Å². The lowest BCUT2D eigenvalue weighted by atomic mass is 10.0. The number of methoxy groups -OCH3 is 1. The topological polar surface area (TPSA) is 137 Å². The second-order valence-corrected chi connectivity index (χ2v) is 7.39. The first kappa shape index (κ1) is 17.2. The minimum absolute atomic E-state index is 0.212. The van der Waals surface area contributed by atoms with Crippen molar-refractivity contribution < 1.29 is 24.2 Å². The highest BCUT2D eigenvalue weighted by atomic mass is 127. The zero-order valence-electron chi connectivity index (χ0n) is 12.0. The lowest BCUT2D eigenvalue weighted by Crippen LogP contribution is -2.69. The molecule has 2 fully saturated rings. The molecule has 0 radical (unpaired) electrons. The lowest BCUT2D eigenvalue weighted by molar-refractivity contribution is -0.151. The largest absolute Gasteiger partial charge is 0.394 e. The second kappa shape index (κ2) is 6.54. The molecule has 2 rings (SSSR count). The van der Waals surface area contributed by atoms with Gasteiger partial charge in [-0.25, -0.2) is 4.79 Å². The van der Waals surface area contributed by atoms with Crippen LogP contribution in [0.3, 0.4) is 0 Å². The molecule has 2 N–H and O–H groups in total. The molecule has 0 aromatic heterocycles. The van der Waals surface area contributed by atoms with Gasteiger partial charge in [-0.15, -0.1) is 0 Å². The van der Waals surface area contributed by atoms with Gasteiger partial charge in [-0.3, -0.25) is 15.0 Å². The van der Waals surface area contributed by atoms with E-state index >= 15 is 0 Å². The van der Waals surface area contributed by atoms with E-state index in [1.807, 2.05) is 22.6 Å². The van der Waals surface area contributed by atoms with Crippen LogP contribution in [0.15, 0.2) is 5.11 Å². The third-order valence-electron chi connectivity index (χ3n) is 3.73. The molecule has 0 saturated carbocycles. The number of carbonyl (C=O) groups excluding carboxylic acids is 2. The number of nitrogens with one attached hydrogen (secondary N) is 1. The van der Waals surface area contributed by atoms with Crippen molar-refractivity contribution >= 4 is 34.5 Å². The Kier molecular flexibility index (Phi) is 5.12. The fourth-order valence-electron chi connectivity index (χ4n) is 2.62. The molecule has 0 spiro atoms. The average molecular weight is 425 g/mol. The monoisotopic (exact) mass is 425 g/mol. The average Bonchev–Trinajstić information content (AvgIpc) is 2.85. The van der Waals surface area contributed by atoms with Gasteiger partial charge in [0.25, 0.3) is 0 Å². The van der Waals surface area contributed by atoms with Gasteiger partial charge in [-0.2, -0.15) is 0 Å². The van der Waals surface area contributed by atoms with Crippen LogP contribution in [0.25, 0.3) is 10.4 Å². The Hall–Kier alpha value is -1.14. The Balaban J connectivity index is 2.28. The smallest absolute Gasteiger partial charge is 0.328 e. The molecule has 1 unspecified atom stereocenters. The van der Waals surface area contributed by atoms with Crippen molar-refractivity contribution in [3.8, 4) is 0 Å². The van der Waals surface area contributed by atoms with E-state index < -0.39 is 40.0 Å². The number of alkyl halides is 1. The number of hydrogen-bond acceptors (Lipinski definition) is 6.